The number of aliphatic hydroxyl groups excluding tert-OH is 2. The predicted octanol–water partition coefficient (Wildman–Crippen LogP) is 2.07. The Balaban J connectivity index is 1.62. The Morgan fingerprint density at radius 1 is 1.50 bits per heavy atom. The third kappa shape index (κ3) is 3.04. The summed E-state index contributed by atoms with van der Waals surface area (Å²) in [6.07, 6.45) is 3.28. The summed E-state index contributed by atoms with van der Waals surface area (Å²) >= 11 is 5.23. The van der Waals surface area contributed by atoms with Gasteiger partial charge in [-0.3, -0.25) is 0 Å². The maximum Gasteiger partial charge on any atom is 0.317 e. The average molecular weight is 389 g/mol. The van der Waals surface area contributed by atoms with Gasteiger partial charge in [0.15, 0.2) is 0 Å². The van der Waals surface area contributed by atoms with Gasteiger partial charge >= 0.3 is 6.03 Å². The van der Waals surface area contributed by atoms with E-state index in [0.29, 0.717) is 19.5 Å². The van der Waals surface area contributed by atoms with Crippen LogP contribution in [-0.2, 0) is 5.41 Å². The molecule has 2 heterocycles. The zero-order chi connectivity index (χ0) is 15.7. The first-order valence-corrected chi connectivity index (χ1v) is 9.24. The molecule has 0 unspecified atom stereocenters. The van der Waals surface area contributed by atoms with Crippen molar-refractivity contribution in [1.29, 1.82) is 0 Å². The van der Waals surface area contributed by atoms with Crippen LogP contribution in [0.25, 0.3) is 0 Å². The number of rotatable bonds is 4. The number of halogens is 1. The van der Waals surface area contributed by atoms with Gasteiger partial charge in [-0.2, -0.15) is 0 Å². The van der Waals surface area contributed by atoms with Gasteiger partial charge in [0.05, 0.1) is 22.5 Å². The van der Waals surface area contributed by atoms with Crippen LogP contribution >= 0.6 is 27.3 Å². The number of nitrogens with one attached hydrogen (secondary N) is 1. The minimum absolute atomic E-state index is 0.0550. The molecular formula is C15H21BrN2O3S. The number of amides is 2. The molecule has 1 aromatic rings. The van der Waals surface area contributed by atoms with E-state index in [1.165, 1.54) is 11.3 Å². The molecule has 7 heteroatoms. The predicted molar refractivity (Wildman–Crippen MR) is 89.2 cm³/mol. The van der Waals surface area contributed by atoms with Crippen molar-refractivity contribution in [2.24, 2.45) is 0 Å². The van der Waals surface area contributed by atoms with Gasteiger partial charge in [-0.25, -0.2) is 4.79 Å². The van der Waals surface area contributed by atoms with Crippen LogP contribution in [0.3, 0.4) is 0 Å². The highest BCUT2D eigenvalue weighted by Crippen LogP contribution is 2.46. The second-order valence-electron chi connectivity index (χ2n) is 6.27. The maximum atomic E-state index is 12.4. The van der Waals surface area contributed by atoms with E-state index in [9.17, 15) is 15.0 Å². The summed E-state index contributed by atoms with van der Waals surface area (Å²) in [4.78, 5) is 15.2. The molecule has 2 amide bonds. The fourth-order valence-corrected chi connectivity index (χ4v) is 5.00. The lowest BCUT2D eigenvalue weighted by atomic mass is 9.68. The second-order valence-corrected chi connectivity index (χ2v) is 8.74. The molecule has 5 nitrogen and oxygen atoms in total. The van der Waals surface area contributed by atoms with Crippen LogP contribution in [0.1, 0.15) is 30.6 Å². The molecule has 1 aliphatic carbocycles. The molecule has 1 aromatic heterocycles. The number of carbonyl (C=O) groups excluding carboxylic acids is 1. The van der Waals surface area contributed by atoms with E-state index in [0.717, 1.165) is 16.6 Å². The molecule has 0 spiro atoms. The minimum atomic E-state index is -0.534. The fraction of sp³-hybridized carbons (Fsp3) is 0.667. The van der Waals surface area contributed by atoms with E-state index >= 15 is 0 Å². The highest BCUT2D eigenvalue weighted by molar-refractivity contribution is 9.11. The Hall–Kier alpha value is -0.630. The van der Waals surface area contributed by atoms with Crippen LogP contribution in [0.2, 0.25) is 0 Å². The zero-order valence-electron chi connectivity index (χ0n) is 12.3. The minimum Gasteiger partial charge on any atom is -0.394 e. The summed E-state index contributed by atoms with van der Waals surface area (Å²) < 4.78 is 1.11. The topological polar surface area (TPSA) is 72.8 Å². The summed E-state index contributed by atoms with van der Waals surface area (Å²) in [6, 6.07) is 3.73. The van der Waals surface area contributed by atoms with Crippen molar-refractivity contribution in [3.63, 3.8) is 0 Å². The molecule has 2 aliphatic rings. The summed E-state index contributed by atoms with van der Waals surface area (Å²) in [5.74, 6) is 0. The highest BCUT2D eigenvalue weighted by atomic mass is 79.9. The number of nitrogens with zero attached hydrogens (tertiary/aromatic N) is 1. The zero-order valence-corrected chi connectivity index (χ0v) is 14.7. The van der Waals surface area contributed by atoms with Crippen molar-refractivity contribution in [2.45, 2.75) is 43.2 Å². The Kier molecular flexibility index (Phi) is 4.77. The van der Waals surface area contributed by atoms with Crippen molar-refractivity contribution < 1.29 is 15.0 Å². The molecule has 3 N–H and O–H groups in total. The summed E-state index contributed by atoms with van der Waals surface area (Å²) in [6.45, 7) is 0.811. The Morgan fingerprint density at radius 3 is 2.82 bits per heavy atom. The number of carbonyl (C=O) groups is 1. The lowest BCUT2D eigenvalue weighted by Gasteiger charge is -2.41. The van der Waals surface area contributed by atoms with Gasteiger partial charge in [0.25, 0.3) is 0 Å². The summed E-state index contributed by atoms with van der Waals surface area (Å²) in [5.41, 5.74) is 0.0550. The molecule has 1 saturated carbocycles. The summed E-state index contributed by atoms with van der Waals surface area (Å²) in [7, 11) is 0. The smallest absolute Gasteiger partial charge is 0.317 e. The number of thiophene rings is 1. The number of hydrogen-bond donors (Lipinski definition) is 3. The Morgan fingerprint density at radius 2 is 2.27 bits per heavy atom. The number of hydrogen-bond acceptors (Lipinski definition) is 4. The van der Waals surface area contributed by atoms with Crippen molar-refractivity contribution in [2.75, 3.05) is 19.7 Å². The van der Waals surface area contributed by atoms with Crippen molar-refractivity contribution in [3.05, 3.63) is 20.8 Å². The van der Waals surface area contributed by atoms with Crippen LogP contribution in [0, 0.1) is 0 Å². The van der Waals surface area contributed by atoms with Gasteiger partial charge in [0.1, 0.15) is 0 Å². The molecule has 0 radical (unpaired) electrons. The Labute approximate surface area is 142 Å². The highest BCUT2D eigenvalue weighted by Gasteiger charge is 2.41. The third-order valence-corrected chi connectivity index (χ3v) is 6.72. The molecule has 2 fully saturated rings. The van der Waals surface area contributed by atoms with E-state index < -0.39 is 6.10 Å². The molecule has 0 aromatic carbocycles. The van der Waals surface area contributed by atoms with Crippen LogP contribution in [-0.4, -0.2) is 53.0 Å². The molecule has 2 atom stereocenters. The van der Waals surface area contributed by atoms with Crippen LogP contribution in [0.15, 0.2) is 15.9 Å². The number of aliphatic hydroxyl groups is 2. The molecule has 1 saturated heterocycles. The van der Waals surface area contributed by atoms with Gasteiger partial charge in [0.2, 0.25) is 0 Å². The quantitative estimate of drug-likeness (QED) is 0.738. The first-order valence-electron chi connectivity index (χ1n) is 7.63. The standard InChI is InChI=1S/C15H21BrN2O3S/c16-13-3-2-12(22-13)15(4-1-5-15)9-17-14(21)18-7-11(20)6-10(18)8-19/h2-3,10-11,19-20H,1,4-9H2,(H,17,21)/t10-,11-/m0/s1. The molecular weight excluding hydrogens is 368 g/mol. The molecule has 3 rings (SSSR count). The fourth-order valence-electron chi connectivity index (χ4n) is 3.37. The van der Waals surface area contributed by atoms with Gasteiger partial charge < -0.3 is 20.4 Å². The van der Waals surface area contributed by atoms with E-state index in [1.807, 2.05) is 0 Å². The van der Waals surface area contributed by atoms with Gasteiger partial charge in [0, 0.05) is 23.4 Å². The van der Waals surface area contributed by atoms with E-state index in [2.05, 4.69) is 33.4 Å². The Bertz CT molecular complexity index is 547. The molecule has 0 bridgehead atoms. The van der Waals surface area contributed by atoms with Crippen LogP contribution < -0.4 is 5.32 Å². The van der Waals surface area contributed by atoms with Crippen LogP contribution in [0.5, 0.6) is 0 Å². The van der Waals surface area contributed by atoms with E-state index in [4.69, 9.17) is 0 Å². The lowest BCUT2D eigenvalue weighted by molar-refractivity contribution is 0.149. The normalized spacial score (nSPS) is 26.8. The number of β-amino-alcohol motifs (C(OH)–C–C–N with tert-alkyl or cyclic N) is 1. The van der Waals surface area contributed by atoms with Crippen molar-refractivity contribution in [3.8, 4) is 0 Å². The first-order chi connectivity index (χ1) is 10.5. The van der Waals surface area contributed by atoms with Gasteiger partial charge in [-0.15, -0.1) is 11.3 Å². The second kappa shape index (κ2) is 6.47. The van der Waals surface area contributed by atoms with E-state index in [-0.39, 0.29) is 24.1 Å². The number of likely N-dealkylation sites (tertiary alicyclic amines) is 1. The third-order valence-electron chi connectivity index (χ3n) is 4.85. The average Bonchev–Trinajstić information content (AvgIpc) is 3.03. The largest absolute Gasteiger partial charge is 0.394 e. The van der Waals surface area contributed by atoms with Crippen LogP contribution in [0.4, 0.5) is 4.79 Å². The lowest BCUT2D eigenvalue weighted by Crippen LogP contribution is -2.50. The van der Waals surface area contributed by atoms with Crippen molar-refractivity contribution in [1.82, 2.24) is 10.2 Å². The number of urea groups is 1. The maximum absolute atomic E-state index is 12.4. The summed E-state index contributed by atoms with van der Waals surface area (Å²) in [5, 5.41) is 22.0. The molecule has 22 heavy (non-hydrogen) atoms. The monoisotopic (exact) mass is 388 g/mol. The van der Waals surface area contributed by atoms with Gasteiger partial charge in [-0.05, 0) is 47.3 Å². The molecule has 122 valence electrons. The van der Waals surface area contributed by atoms with Crippen molar-refractivity contribution >= 4 is 33.3 Å². The SMILES string of the molecule is O=C(NCC1(c2ccc(Br)s2)CCC1)N1C[C@@H](O)C[C@H]1CO. The van der Waals surface area contributed by atoms with E-state index in [1.54, 1.807) is 16.2 Å². The first kappa shape index (κ1) is 16.2. The molecule has 1 aliphatic heterocycles. The van der Waals surface area contributed by atoms with Gasteiger partial charge in [-0.1, -0.05) is 6.42 Å².